The molecule has 4 nitrogen and oxygen atoms in total. The summed E-state index contributed by atoms with van der Waals surface area (Å²) in [7, 11) is 0. The van der Waals surface area contributed by atoms with Crippen LogP contribution >= 0.6 is 0 Å². The Hall–Kier alpha value is -1.06. The first-order valence-electron chi connectivity index (χ1n) is 9.55. The molecule has 1 atom stereocenters. The van der Waals surface area contributed by atoms with Crippen LogP contribution in [0.1, 0.15) is 58.3 Å². The number of nitrogens with zero attached hydrogens (tertiary/aromatic N) is 1. The van der Waals surface area contributed by atoms with E-state index in [9.17, 15) is 9.59 Å². The zero-order valence-electron chi connectivity index (χ0n) is 14.3. The van der Waals surface area contributed by atoms with Crippen LogP contribution < -0.4 is 0 Å². The summed E-state index contributed by atoms with van der Waals surface area (Å²) in [4.78, 5) is 27.4. The van der Waals surface area contributed by atoms with Crippen molar-refractivity contribution >= 4 is 11.9 Å². The number of rotatable bonds is 3. The van der Waals surface area contributed by atoms with E-state index in [0.717, 1.165) is 56.4 Å². The molecular weight excluding hydrogens is 290 g/mol. The largest absolute Gasteiger partial charge is 0.466 e. The molecule has 0 N–H and O–H groups in total. The van der Waals surface area contributed by atoms with Crippen LogP contribution in [0.25, 0.3) is 0 Å². The van der Waals surface area contributed by atoms with Crippen LogP contribution in [0, 0.1) is 29.1 Å². The van der Waals surface area contributed by atoms with E-state index >= 15 is 0 Å². The third-order valence-corrected chi connectivity index (χ3v) is 6.82. The normalized spacial score (nSPS) is 41.9. The topological polar surface area (TPSA) is 46.6 Å². The highest BCUT2D eigenvalue weighted by Gasteiger charge is 2.55. The molecule has 5 fully saturated rings. The summed E-state index contributed by atoms with van der Waals surface area (Å²) in [6.07, 6.45) is 9.20. The molecule has 1 saturated heterocycles. The van der Waals surface area contributed by atoms with E-state index < -0.39 is 0 Å². The lowest BCUT2D eigenvalue weighted by atomic mass is 9.49. The molecule has 0 radical (unpaired) electrons. The Kier molecular flexibility index (Phi) is 3.89. The van der Waals surface area contributed by atoms with Gasteiger partial charge in [0, 0.05) is 13.1 Å². The van der Waals surface area contributed by atoms with Crippen LogP contribution in [0.2, 0.25) is 0 Å². The lowest BCUT2D eigenvalue weighted by Gasteiger charge is -2.57. The molecule has 4 bridgehead atoms. The third-order valence-electron chi connectivity index (χ3n) is 6.82. The molecule has 4 saturated carbocycles. The third kappa shape index (κ3) is 2.68. The number of likely N-dealkylation sites (tertiary alicyclic amines) is 1. The molecule has 1 heterocycles. The number of carbonyl (C=O) groups is 2. The number of hydrogen-bond acceptors (Lipinski definition) is 3. The Morgan fingerprint density at radius 2 is 1.70 bits per heavy atom. The van der Waals surface area contributed by atoms with Crippen LogP contribution in [0.5, 0.6) is 0 Å². The second kappa shape index (κ2) is 5.78. The molecule has 4 aliphatic carbocycles. The van der Waals surface area contributed by atoms with Crippen LogP contribution in [0.3, 0.4) is 0 Å². The van der Waals surface area contributed by atoms with Gasteiger partial charge in [0.05, 0.1) is 17.9 Å². The van der Waals surface area contributed by atoms with Gasteiger partial charge in [-0.2, -0.15) is 0 Å². The molecule has 23 heavy (non-hydrogen) atoms. The van der Waals surface area contributed by atoms with Crippen molar-refractivity contribution in [3.8, 4) is 0 Å². The molecule has 0 unspecified atom stereocenters. The maximum absolute atomic E-state index is 13.4. The summed E-state index contributed by atoms with van der Waals surface area (Å²) in [5.74, 6) is 2.50. The quantitative estimate of drug-likeness (QED) is 0.751. The van der Waals surface area contributed by atoms with Crippen LogP contribution in [0.4, 0.5) is 0 Å². The monoisotopic (exact) mass is 319 g/mol. The van der Waals surface area contributed by atoms with Crippen molar-refractivity contribution in [3.63, 3.8) is 0 Å². The fraction of sp³-hybridized carbons (Fsp3) is 0.895. The summed E-state index contributed by atoms with van der Waals surface area (Å²) in [5, 5.41) is 0. The highest BCUT2D eigenvalue weighted by molar-refractivity contribution is 5.84. The summed E-state index contributed by atoms with van der Waals surface area (Å²) in [6, 6.07) is 0. The van der Waals surface area contributed by atoms with E-state index in [1.807, 2.05) is 11.8 Å². The van der Waals surface area contributed by atoms with Crippen molar-refractivity contribution in [2.75, 3.05) is 19.7 Å². The van der Waals surface area contributed by atoms with E-state index in [0.29, 0.717) is 19.1 Å². The Morgan fingerprint density at radius 1 is 1.09 bits per heavy atom. The van der Waals surface area contributed by atoms with Gasteiger partial charge in [-0.05, 0) is 76.0 Å². The van der Waals surface area contributed by atoms with Crippen molar-refractivity contribution < 1.29 is 14.3 Å². The summed E-state index contributed by atoms with van der Waals surface area (Å²) >= 11 is 0. The Morgan fingerprint density at radius 3 is 2.26 bits per heavy atom. The van der Waals surface area contributed by atoms with Gasteiger partial charge < -0.3 is 9.64 Å². The van der Waals surface area contributed by atoms with Gasteiger partial charge in [-0.3, -0.25) is 9.59 Å². The van der Waals surface area contributed by atoms with Crippen molar-refractivity contribution in [1.29, 1.82) is 0 Å². The Bertz CT molecular complexity index is 466. The number of carbonyl (C=O) groups excluding carboxylic acids is 2. The number of ether oxygens (including phenoxy) is 1. The first-order valence-corrected chi connectivity index (χ1v) is 9.55. The van der Waals surface area contributed by atoms with Crippen molar-refractivity contribution in [1.82, 2.24) is 4.90 Å². The summed E-state index contributed by atoms with van der Waals surface area (Å²) in [5.41, 5.74) is -0.0781. The smallest absolute Gasteiger partial charge is 0.310 e. The number of hydrogen-bond donors (Lipinski definition) is 0. The Labute approximate surface area is 138 Å². The van der Waals surface area contributed by atoms with E-state index in [4.69, 9.17) is 4.74 Å². The molecule has 1 aliphatic heterocycles. The van der Waals surface area contributed by atoms with Crippen LogP contribution in [-0.2, 0) is 14.3 Å². The van der Waals surface area contributed by atoms with Crippen molar-refractivity contribution in [3.05, 3.63) is 0 Å². The fourth-order valence-electron chi connectivity index (χ4n) is 6.32. The van der Waals surface area contributed by atoms with Crippen molar-refractivity contribution in [2.45, 2.75) is 58.3 Å². The van der Waals surface area contributed by atoms with E-state index in [1.165, 1.54) is 19.3 Å². The van der Waals surface area contributed by atoms with Crippen LogP contribution in [0.15, 0.2) is 0 Å². The standard InChI is InChI=1S/C19H29NO3/c1-2-23-17(21)16-4-3-5-20(12-16)18(22)19-9-13-6-14(10-19)8-15(7-13)11-19/h13-16H,2-12H2,1H3/t13?,14?,15?,16-,19?/m0/s1. The molecule has 4 heteroatoms. The van der Waals surface area contributed by atoms with Gasteiger partial charge in [-0.25, -0.2) is 0 Å². The molecule has 0 aromatic rings. The molecule has 0 aromatic carbocycles. The highest BCUT2D eigenvalue weighted by Crippen LogP contribution is 2.60. The molecule has 5 aliphatic rings. The van der Waals surface area contributed by atoms with Gasteiger partial charge in [0.1, 0.15) is 0 Å². The van der Waals surface area contributed by atoms with Crippen LogP contribution in [-0.4, -0.2) is 36.5 Å². The number of piperidine rings is 1. The lowest BCUT2D eigenvalue weighted by molar-refractivity contribution is -0.162. The molecule has 1 amide bonds. The van der Waals surface area contributed by atoms with E-state index in [-0.39, 0.29) is 17.3 Å². The van der Waals surface area contributed by atoms with Gasteiger partial charge in [0.2, 0.25) is 5.91 Å². The predicted molar refractivity (Wildman–Crippen MR) is 86.5 cm³/mol. The van der Waals surface area contributed by atoms with E-state index in [1.54, 1.807) is 0 Å². The van der Waals surface area contributed by atoms with Gasteiger partial charge in [0.15, 0.2) is 0 Å². The highest BCUT2D eigenvalue weighted by atomic mass is 16.5. The molecule has 0 aromatic heterocycles. The average Bonchev–Trinajstić information content (AvgIpc) is 2.53. The lowest BCUT2D eigenvalue weighted by Crippen LogP contribution is -2.56. The molecule has 0 spiro atoms. The van der Waals surface area contributed by atoms with Crippen molar-refractivity contribution in [2.24, 2.45) is 29.1 Å². The zero-order valence-corrected chi connectivity index (χ0v) is 14.3. The maximum Gasteiger partial charge on any atom is 0.310 e. The van der Waals surface area contributed by atoms with Gasteiger partial charge in [-0.15, -0.1) is 0 Å². The summed E-state index contributed by atoms with van der Waals surface area (Å²) < 4.78 is 5.18. The van der Waals surface area contributed by atoms with Gasteiger partial charge in [-0.1, -0.05) is 0 Å². The fourth-order valence-corrected chi connectivity index (χ4v) is 6.32. The molecule has 5 rings (SSSR count). The maximum atomic E-state index is 13.4. The SMILES string of the molecule is CCOC(=O)[C@H]1CCCN(C(=O)C23CC4CC(CC(C4)C2)C3)C1. The van der Waals surface area contributed by atoms with E-state index in [2.05, 4.69) is 0 Å². The minimum Gasteiger partial charge on any atom is -0.466 e. The number of amides is 1. The second-order valence-corrected chi connectivity index (χ2v) is 8.54. The molecule has 128 valence electrons. The van der Waals surface area contributed by atoms with Gasteiger partial charge in [0.25, 0.3) is 0 Å². The second-order valence-electron chi connectivity index (χ2n) is 8.54. The predicted octanol–water partition coefficient (Wildman–Crippen LogP) is 3.00. The average molecular weight is 319 g/mol. The number of esters is 1. The minimum absolute atomic E-state index is 0.0781. The first kappa shape index (κ1) is 15.5. The first-order chi connectivity index (χ1) is 11.1. The molecular formula is C19H29NO3. The Balaban J connectivity index is 1.47. The zero-order chi connectivity index (χ0) is 16.0. The summed E-state index contributed by atoms with van der Waals surface area (Å²) in [6.45, 7) is 3.69. The van der Waals surface area contributed by atoms with Gasteiger partial charge >= 0.3 is 5.97 Å². The minimum atomic E-state index is -0.115.